The predicted octanol–water partition coefficient (Wildman–Crippen LogP) is 2.64. The molecule has 0 saturated heterocycles. The van der Waals surface area contributed by atoms with E-state index < -0.39 is 0 Å². The Morgan fingerprint density at radius 2 is 2.24 bits per heavy atom. The first-order valence-electron chi connectivity index (χ1n) is 8.31. The number of anilines is 1. The topological polar surface area (TPSA) is 59.0 Å². The van der Waals surface area contributed by atoms with Crippen molar-refractivity contribution in [3.63, 3.8) is 0 Å². The van der Waals surface area contributed by atoms with Crippen molar-refractivity contribution in [2.45, 2.75) is 52.0 Å². The molecule has 5 heteroatoms. The van der Waals surface area contributed by atoms with Gasteiger partial charge in [-0.3, -0.25) is 4.79 Å². The van der Waals surface area contributed by atoms with Crippen LogP contribution in [0.2, 0.25) is 0 Å². The Morgan fingerprint density at radius 1 is 1.43 bits per heavy atom. The van der Waals surface area contributed by atoms with Gasteiger partial charge >= 0.3 is 0 Å². The van der Waals surface area contributed by atoms with E-state index in [0.717, 1.165) is 50.3 Å². The Kier molecular flexibility index (Phi) is 4.46. The second kappa shape index (κ2) is 6.50. The van der Waals surface area contributed by atoms with Crippen LogP contribution in [0.15, 0.2) is 6.20 Å². The highest BCUT2D eigenvalue weighted by Crippen LogP contribution is 2.29. The van der Waals surface area contributed by atoms with Crippen LogP contribution in [0.4, 0.5) is 5.95 Å². The molecule has 3 rings (SSSR count). The maximum atomic E-state index is 12.1. The van der Waals surface area contributed by atoms with Crippen LogP contribution >= 0.6 is 0 Å². The normalized spacial score (nSPS) is 25.0. The van der Waals surface area contributed by atoms with Crippen molar-refractivity contribution in [2.75, 3.05) is 18.4 Å². The lowest BCUT2D eigenvalue weighted by Crippen LogP contribution is -2.27. The Morgan fingerprint density at radius 3 is 3.00 bits per heavy atom. The van der Waals surface area contributed by atoms with Crippen LogP contribution in [0.5, 0.6) is 0 Å². The third-order valence-corrected chi connectivity index (χ3v) is 4.84. The molecule has 2 aliphatic rings. The van der Waals surface area contributed by atoms with Crippen LogP contribution in [0.25, 0.3) is 0 Å². The van der Waals surface area contributed by atoms with Crippen molar-refractivity contribution in [3.8, 4) is 0 Å². The Bertz CT molecular complexity index is 465. The molecule has 1 fully saturated rings. The van der Waals surface area contributed by atoms with Crippen LogP contribution in [-0.4, -0.2) is 28.5 Å². The van der Waals surface area contributed by atoms with Gasteiger partial charge in [-0.25, -0.2) is 4.98 Å². The summed E-state index contributed by atoms with van der Waals surface area (Å²) in [4.78, 5) is 16.5. The van der Waals surface area contributed by atoms with E-state index >= 15 is 0 Å². The molecule has 0 aromatic carbocycles. The van der Waals surface area contributed by atoms with E-state index in [4.69, 9.17) is 0 Å². The lowest BCUT2D eigenvalue weighted by Gasteiger charge is -2.25. The zero-order valence-corrected chi connectivity index (χ0v) is 12.9. The average Bonchev–Trinajstić information content (AvgIpc) is 2.93. The number of imidazole rings is 1. The SMILES string of the molecule is CC1CCC(CCNC(=O)c2cn3c(n2)NCCC3)CC1. The molecule has 2 heterocycles. The van der Waals surface area contributed by atoms with Gasteiger partial charge < -0.3 is 15.2 Å². The highest BCUT2D eigenvalue weighted by atomic mass is 16.1. The number of carbonyl (C=O) groups excluding carboxylic acids is 1. The number of hydrogen-bond donors (Lipinski definition) is 2. The molecule has 21 heavy (non-hydrogen) atoms. The minimum atomic E-state index is -0.0390. The van der Waals surface area contributed by atoms with Crippen molar-refractivity contribution < 1.29 is 4.79 Å². The largest absolute Gasteiger partial charge is 0.356 e. The lowest BCUT2D eigenvalue weighted by atomic mass is 9.81. The lowest BCUT2D eigenvalue weighted by molar-refractivity contribution is 0.0945. The third-order valence-electron chi connectivity index (χ3n) is 4.84. The molecule has 0 atom stereocenters. The van der Waals surface area contributed by atoms with E-state index in [1.807, 2.05) is 10.8 Å². The van der Waals surface area contributed by atoms with Gasteiger partial charge in [0.15, 0.2) is 0 Å². The smallest absolute Gasteiger partial charge is 0.271 e. The molecule has 1 aliphatic heterocycles. The monoisotopic (exact) mass is 290 g/mol. The summed E-state index contributed by atoms with van der Waals surface area (Å²) in [5.41, 5.74) is 0.539. The molecule has 1 saturated carbocycles. The van der Waals surface area contributed by atoms with E-state index in [2.05, 4.69) is 22.5 Å². The number of aryl methyl sites for hydroxylation is 1. The fraction of sp³-hybridized carbons (Fsp3) is 0.750. The molecule has 0 unspecified atom stereocenters. The molecule has 1 aliphatic carbocycles. The Hall–Kier alpha value is -1.52. The van der Waals surface area contributed by atoms with Crippen molar-refractivity contribution in [1.29, 1.82) is 0 Å². The molecule has 116 valence electrons. The number of aromatic nitrogens is 2. The van der Waals surface area contributed by atoms with Gasteiger partial charge in [0, 0.05) is 25.8 Å². The van der Waals surface area contributed by atoms with E-state index in [1.54, 1.807) is 0 Å². The first-order chi connectivity index (χ1) is 10.2. The van der Waals surface area contributed by atoms with Gasteiger partial charge in [-0.15, -0.1) is 0 Å². The summed E-state index contributed by atoms with van der Waals surface area (Å²) < 4.78 is 2.03. The molecule has 1 aromatic heterocycles. The van der Waals surface area contributed by atoms with Gasteiger partial charge in [0.25, 0.3) is 5.91 Å². The maximum absolute atomic E-state index is 12.1. The fourth-order valence-electron chi connectivity index (χ4n) is 3.38. The molecule has 1 amide bonds. The van der Waals surface area contributed by atoms with Crippen LogP contribution in [0.3, 0.4) is 0 Å². The second-order valence-electron chi connectivity index (χ2n) is 6.59. The van der Waals surface area contributed by atoms with E-state index in [9.17, 15) is 4.79 Å². The van der Waals surface area contributed by atoms with Crippen molar-refractivity contribution in [3.05, 3.63) is 11.9 Å². The minimum absolute atomic E-state index is 0.0390. The number of nitrogens with one attached hydrogen (secondary N) is 2. The second-order valence-corrected chi connectivity index (χ2v) is 6.59. The first-order valence-corrected chi connectivity index (χ1v) is 8.31. The highest BCUT2D eigenvalue weighted by Gasteiger charge is 2.19. The zero-order valence-electron chi connectivity index (χ0n) is 12.9. The summed E-state index contributed by atoms with van der Waals surface area (Å²) in [6.45, 7) is 5.00. The van der Waals surface area contributed by atoms with Gasteiger partial charge in [-0.1, -0.05) is 32.6 Å². The van der Waals surface area contributed by atoms with Crippen LogP contribution in [0.1, 0.15) is 55.9 Å². The summed E-state index contributed by atoms with van der Waals surface area (Å²) in [5.74, 6) is 2.47. The molecular formula is C16H26N4O. The molecule has 1 aromatic rings. The van der Waals surface area contributed by atoms with Crippen molar-refractivity contribution in [1.82, 2.24) is 14.9 Å². The Balaban J connectivity index is 1.45. The van der Waals surface area contributed by atoms with Crippen LogP contribution in [0, 0.1) is 11.8 Å². The third kappa shape index (κ3) is 3.57. The molecule has 2 N–H and O–H groups in total. The van der Waals surface area contributed by atoms with Gasteiger partial charge in [-0.2, -0.15) is 0 Å². The number of nitrogens with zero attached hydrogens (tertiary/aromatic N) is 2. The number of hydrogen-bond acceptors (Lipinski definition) is 3. The summed E-state index contributed by atoms with van der Waals surface area (Å²) in [6.07, 6.45) is 9.38. The first kappa shape index (κ1) is 14.4. The van der Waals surface area contributed by atoms with Gasteiger partial charge in [0.1, 0.15) is 5.69 Å². The van der Waals surface area contributed by atoms with E-state index in [-0.39, 0.29) is 5.91 Å². The minimum Gasteiger partial charge on any atom is -0.356 e. The van der Waals surface area contributed by atoms with E-state index in [1.165, 1.54) is 25.7 Å². The number of amides is 1. The number of rotatable bonds is 4. The van der Waals surface area contributed by atoms with Gasteiger partial charge in [-0.05, 0) is 24.7 Å². The summed E-state index contributed by atoms with van der Waals surface area (Å²) in [7, 11) is 0. The summed E-state index contributed by atoms with van der Waals surface area (Å²) >= 11 is 0. The molecule has 0 radical (unpaired) electrons. The van der Waals surface area contributed by atoms with Crippen LogP contribution < -0.4 is 10.6 Å². The standard InChI is InChI=1S/C16H26N4O/c1-12-3-5-13(6-4-12)7-9-17-15(21)14-11-20-10-2-8-18-16(20)19-14/h11-13H,2-10H2,1H3,(H,17,21)(H,18,19). The number of carbonyl (C=O) groups is 1. The average molecular weight is 290 g/mol. The zero-order chi connectivity index (χ0) is 14.7. The van der Waals surface area contributed by atoms with Crippen LogP contribution in [-0.2, 0) is 6.54 Å². The Labute approximate surface area is 126 Å². The summed E-state index contributed by atoms with van der Waals surface area (Å²) in [6, 6.07) is 0. The maximum Gasteiger partial charge on any atom is 0.271 e. The highest BCUT2D eigenvalue weighted by molar-refractivity contribution is 5.92. The molecule has 0 spiro atoms. The number of fused-ring (bicyclic) bond motifs is 1. The van der Waals surface area contributed by atoms with Gasteiger partial charge in [0.2, 0.25) is 5.95 Å². The predicted molar refractivity (Wildman–Crippen MR) is 83.4 cm³/mol. The molecular weight excluding hydrogens is 264 g/mol. The molecule has 0 bridgehead atoms. The van der Waals surface area contributed by atoms with Crippen molar-refractivity contribution >= 4 is 11.9 Å². The summed E-state index contributed by atoms with van der Waals surface area (Å²) in [5, 5.41) is 6.25. The van der Waals surface area contributed by atoms with E-state index in [0.29, 0.717) is 5.69 Å². The fourth-order valence-corrected chi connectivity index (χ4v) is 3.38. The molecule has 5 nitrogen and oxygen atoms in total. The van der Waals surface area contributed by atoms with Crippen molar-refractivity contribution in [2.24, 2.45) is 11.8 Å². The van der Waals surface area contributed by atoms with Gasteiger partial charge in [0.05, 0.1) is 0 Å². The quantitative estimate of drug-likeness (QED) is 0.896.